The maximum atomic E-state index is 5.28. The second kappa shape index (κ2) is 7.25. The van der Waals surface area contributed by atoms with Gasteiger partial charge in [-0.15, -0.1) is 0 Å². The lowest BCUT2D eigenvalue weighted by atomic mass is 10.1. The van der Waals surface area contributed by atoms with E-state index in [1.807, 2.05) is 18.2 Å². The van der Waals surface area contributed by atoms with Crippen molar-refractivity contribution in [2.75, 3.05) is 14.2 Å². The Hall–Kier alpha value is -0.840. The molecule has 0 aliphatic rings. The van der Waals surface area contributed by atoms with E-state index in [4.69, 9.17) is 4.74 Å². The maximum Gasteiger partial charge on any atom is 0.119 e. The summed E-state index contributed by atoms with van der Waals surface area (Å²) in [7, 11) is 3.81. The fourth-order valence-corrected chi connectivity index (χ4v) is 2.91. The van der Waals surface area contributed by atoms with Crippen LogP contribution in [0.25, 0.3) is 0 Å². The topological polar surface area (TPSA) is 12.5 Å². The molecule has 2 rings (SSSR count). The first-order valence-corrected chi connectivity index (χ1v) is 7.92. The average Bonchev–Trinajstić information content (AvgIpc) is 2.41. The van der Waals surface area contributed by atoms with E-state index in [1.54, 1.807) is 7.11 Å². The van der Waals surface area contributed by atoms with Crippen molar-refractivity contribution in [2.45, 2.75) is 13.1 Å². The smallest absolute Gasteiger partial charge is 0.119 e. The summed E-state index contributed by atoms with van der Waals surface area (Å²) in [5, 5.41) is 0. The second-order valence-corrected chi connectivity index (χ2v) is 6.53. The zero-order chi connectivity index (χ0) is 14.5. The van der Waals surface area contributed by atoms with Crippen LogP contribution in [0.15, 0.2) is 51.4 Å². The van der Waals surface area contributed by atoms with Crippen LogP contribution in [0.4, 0.5) is 0 Å². The number of methoxy groups -OCH3 is 1. The van der Waals surface area contributed by atoms with E-state index in [0.29, 0.717) is 0 Å². The predicted molar refractivity (Wildman–Crippen MR) is 90.0 cm³/mol. The molecule has 0 aromatic heterocycles. The summed E-state index contributed by atoms with van der Waals surface area (Å²) < 4.78 is 7.51. The van der Waals surface area contributed by atoms with Crippen molar-refractivity contribution in [1.29, 1.82) is 0 Å². The lowest BCUT2D eigenvalue weighted by Crippen LogP contribution is -2.17. The third kappa shape index (κ3) is 4.33. The summed E-state index contributed by atoms with van der Waals surface area (Å²) in [4.78, 5) is 2.28. The highest BCUT2D eigenvalue weighted by Gasteiger charge is 2.07. The Morgan fingerprint density at radius 2 is 1.85 bits per heavy atom. The molecule has 0 saturated carbocycles. The molecule has 4 heteroatoms. The van der Waals surface area contributed by atoms with Gasteiger partial charge in [0.05, 0.1) is 7.11 Å². The lowest BCUT2D eigenvalue weighted by molar-refractivity contribution is 0.317. The Morgan fingerprint density at radius 3 is 2.55 bits per heavy atom. The monoisotopic (exact) mass is 397 g/mol. The Labute approximate surface area is 137 Å². The molecule has 0 radical (unpaired) electrons. The van der Waals surface area contributed by atoms with Crippen molar-refractivity contribution in [2.24, 2.45) is 0 Å². The normalized spacial score (nSPS) is 10.8. The Morgan fingerprint density at radius 1 is 1.05 bits per heavy atom. The summed E-state index contributed by atoms with van der Waals surface area (Å²) in [6, 6.07) is 14.5. The lowest BCUT2D eigenvalue weighted by Gasteiger charge is -2.18. The van der Waals surface area contributed by atoms with Gasteiger partial charge in [-0.25, -0.2) is 0 Å². The minimum Gasteiger partial charge on any atom is -0.497 e. The summed E-state index contributed by atoms with van der Waals surface area (Å²) in [6.45, 7) is 1.77. The minimum atomic E-state index is 0.865. The van der Waals surface area contributed by atoms with Gasteiger partial charge in [-0.05, 0) is 48.5 Å². The largest absolute Gasteiger partial charge is 0.497 e. The molecule has 0 amide bonds. The first kappa shape index (κ1) is 15.5. The van der Waals surface area contributed by atoms with E-state index in [-0.39, 0.29) is 0 Å². The van der Waals surface area contributed by atoms with Crippen molar-refractivity contribution in [3.05, 3.63) is 62.5 Å². The summed E-state index contributed by atoms with van der Waals surface area (Å²) >= 11 is 7.10. The zero-order valence-corrected chi connectivity index (χ0v) is 14.7. The summed E-state index contributed by atoms with van der Waals surface area (Å²) in [5.41, 5.74) is 2.52. The number of hydrogen-bond acceptors (Lipinski definition) is 2. The number of benzene rings is 2. The van der Waals surface area contributed by atoms with Crippen molar-refractivity contribution < 1.29 is 4.74 Å². The van der Waals surface area contributed by atoms with Crippen molar-refractivity contribution in [1.82, 2.24) is 4.90 Å². The molecule has 0 heterocycles. The molecule has 0 unspecified atom stereocenters. The maximum absolute atomic E-state index is 5.28. The van der Waals surface area contributed by atoms with E-state index >= 15 is 0 Å². The Balaban J connectivity index is 2.06. The second-order valence-electron chi connectivity index (χ2n) is 4.76. The third-order valence-electron chi connectivity index (χ3n) is 3.03. The van der Waals surface area contributed by atoms with Crippen molar-refractivity contribution in [3.63, 3.8) is 0 Å². The van der Waals surface area contributed by atoms with Crippen LogP contribution in [0.3, 0.4) is 0 Å². The molecule has 2 aromatic carbocycles. The average molecular weight is 399 g/mol. The van der Waals surface area contributed by atoms with Crippen LogP contribution in [0.1, 0.15) is 11.1 Å². The summed E-state index contributed by atoms with van der Waals surface area (Å²) in [6.07, 6.45) is 0. The van der Waals surface area contributed by atoms with Gasteiger partial charge in [0.1, 0.15) is 5.75 Å². The molecule has 0 spiro atoms. The summed E-state index contributed by atoms with van der Waals surface area (Å²) in [5.74, 6) is 0.888. The number of rotatable bonds is 5. The van der Waals surface area contributed by atoms with Crippen LogP contribution in [0, 0.1) is 0 Å². The van der Waals surface area contributed by atoms with E-state index in [0.717, 1.165) is 27.8 Å². The van der Waals surface area contributed by atoms with Crippen LogP contribution < -0.4 is 4.74 Å². The molecular weight excluding hydrogens is 382 g/mol. The number of halogens is 2. The van der Waals surface area contributed by atoms with Gasteiger partial charge in [-0.1, -0.05) is 44.0 Å². The Kier molecular flexibility index (Phi) is 5.64. The quantitative estimate of drug-likeness (QED) is 0.713. The molecule has 2 aromatic rings. The van der Waals surface area contributed by atoms with Gasteiger partial charge in [-0.3, -0.25) is 4.90 Å². The van der Waals surface area contributed by atoms with E-state index in [1.165, 1.54) is 11.1 Å². The van der Waals surface area contributed by atoms with Gasteiger partial charge in [-0.2, -0.15) is 0 Å². The number of hydrogen-bond donors (Lipinski definition) is 0. The molecular formula is C16H17Br2NO. The van der Waals surface area contributed by atoms with E-state index in [2.05, 4.69) is 68.1 Å². The molecule has 0 saturated heterocycles. The van der Waals surface area contributed by atoms with Gasteiger partial charge in [0, 0.05) is 22.0 Å². The van der Waals surface area contributed by atoms with Crippen LogP contribution in [0.5, 0.6) is 5.75 Å². The van der Waals surface area contributed by atoms with Crippen molar-refractivity contribution in [3.8, 4) is 5.75 Å². The first-order chi connectivity index (χ1) is 9.58. The number of nitrogens with zero attached hydrogens (tertiary/aromatic N) is 1. The van der Waals surface area contributed by atoms with Gasteiger partial charge in [0.25, 0.3) is 0 Å². The molecule has 0 N–H and O–H groups in total. The minimum absolute atomic E-state index is 0.865. The highest BCUT2D eigenvalue weighted by Crippen LogP contribution is 2.24. The fraction of sp³-hybridized carbons (Fsp3) is 0.250. The molecule has 2 nitrogen and oxygen atoms in total. The predicted octanol–water partition coefficient (Wildman–Crippen LogP) is 4.85. The van der Waals surface area contributed by atoms with Gasteiger partial charge < -0.3 is 4.74 Å². The standard InChI is InChI=1S/C16H17Br2NO/c1-19(10-12-4-3-5-14(17)8-12)11-13-9-15(20-2)6-7-16(13)18/h3-9H,10-11H2,1-2H3. The number of ether oxygens (including phenoxy) is 1. The zero-order valence-electron chi connectivity index (χ0n) is 11.6. The molecule has 0 aliphatic heterocycles. The molecule has 0 bridgehead atoms. The molecule has 106 valence electrons. The van der Waals surface area contributed by atoms with Crippen LogP contribution in [0.2, 0.25) is 0 Å². The van der Waals surface area contributed by atoms with Crippen LogP contribution in [-0.4, -0.2) is 19.1 Å². The van der Waals surface area contributed by atoms with Crippen LogP contribution >= 0.6 is 31.9 Å². The highest BCUT2D eigenvalue weighted by molar-refractivity contribution is 9.10. The fourth-order valence-electron chi connectivity index (χ4n) is 2.09. The Bertz CT molecular complexity index is 586. The van der Waals surface area contributed by atoms with Crippen LogP contribution in [-0.2, 0) is 13.1 Å². The molecule has 0 atom stereocenters. The molecule has 20 heavy (non-hydrogen) atoms. The molecule has 0 fully saturated rings. The van der Waals surface area contributed by atoms with Gasteiger partial charge >= 0.3 is 0 Å². The molecule has 0 aliphatic carbocycles. The first-order valence-electron chi connectivity index (χ1n) is 6.34. The SMILES string of the molecule is COc1ccc(Br)c(CN(C)Cc2cccc(Br)c2)c1. The van der Waals surface area contributed by atoms with Crippen molar-refractivity contribution >= 4 is 31.9 Å². The highest BCUT2D eigenvalue weighted by atomic mass is 79.9. The third-order valence-corrected chi connectivity index (χ3v) is 4.30. The van der Waals surface area contributed by atoms with E-state index in [9.17, 15) is 0 Å². The van der Waals surface area contributed by atoms with E-state index < -0.39 is 0 Å². The van der Waals surface area contributed by atoms with Gasteiger partial charge in [0.2, 0.25) is 0 Å². The van der Waals surface area contributed by atoms with Gasteiger partial charge in [0.15, 0.2) is 0 Å².